The van der Waals surface area contributed by atoms with Crippen LogP contribution in [0.4, 0.5) is 8.78 Å². The first-order valence-corrected chi connectivity index (χ1v) is 7.18. The molecule has 0 unspecified atom stereocenters. The van der Waals surface area contributed by atoms with Gasteiger partial charge in [-0.05, 0) is 46.8 Å². The summed E-state index contributed by atoms with van der Waals surface area (Å²) in [6.45, 7) is 0.610. The molecule has 1 saturated carbocycles. The van der Waals surface area contributed by atoms with E-state index >= 15 is 0 Å². The fourth-order valence-electron chi connectivity index (χ4n) is 2.38. The number of halogens is 3. The van der Waals surface area contributed by atoms with Crippen LogP contribution in [0.3, 0.4) is 0 Å². The highest BCUT2D eigenvalue weighted by Gasteiger charge is 2.16. The molecule has 1 aliphatic rings. The Hall–Kier alpha value is -0.480. The molecule has 0 amide bonds. The number of hydrogen-bond acceptors (Lipinski definition) is 1. The van der Waals surface area contributed by atoms with Gasteiger partial charge in [0.2, 0.25) is 0 Å². The van der Waals surface area contributed by atoms with Gasteiger partial charge in [0.05, 0.1) is 16.6 Å². The van der Waals surface area contributed by atoms with Crippen molar-refractivity contribution in [2.75, 3.05) is 6.61 Å². The average Bonchev–Trinajstić information content (AvgIpc) is 2.39. The molecule has 0 N–H and O–H groups in total. The zero-order valence-electron chi connectivity index (χ0n) is 10.2. The topological polar surface area (TPSA) is 9.23 Å². The summed E-state index contributed by atoms with van der Waals surface area (Å²) in [5.41, 5.74) is 0.0141. The van der Waals surface area contributed by atoms with Crippen molar-refractivity contribution in [3.05, 3.63) is 33.8 Å². The minimum Gasteiger partial charge on any atom is -0.376 e. The van der Waals surface area contributed by atoms with Gasteiger partial charge in [0.25, 0.3) is 0 Å². The molecule has 0 aromatic heterocycles. The maximum atomic E-state index is 13.7. The molecule has 0 heterocycles. The summed E-state index contributed by atoms with van der Waals surface area (Å²) >= 11 is 3.05. The summed E-state index contributed by atoms with van der Waals surface area (Å²) < 4.78 is 32.9. The molecule has 1 fully saturated rings. The van der Waals surface area contributed by atoms with Crippen molar-refractivity contribution in [1.82, 2.24) is 0 Å². The van der Waals surface area contributed by atoms with E-state index in [1.54, 1.807) is 0 Å². The number of rotatable bonds is 4. The van der Waals surface area contributed by atoms with Crippen LogP contribution in [-0.4, -0.2) is 6.61 Å². The van der Waals surface area contributed by atoms with E-state index < -0.39 is 11.6 Å². The second kappa shape index (κ2) is 6.62. The van der Waals surface area contributed by atoms with E-state index in [9.17, 15) is 8.78 Å². The minimum absolute atomic E-state index is 0.00755. The van der Waals surface area contributed by atoms with Crippen LogP contribution in [0.1, 0.15) is 37.7 Å². The first-order valence-electron chi connectivity index (χ1n) is 6.38. The lowest BCUT2D eigenvalue weighted by Gasteiger charge is -2.21. The van der Waals surface area contributed by atoms with E-state index in [1.807, 2.05) is 0 Å². The standard InChI is InChI=1S/C14H17BrF2O/c15-12-6-7-13(16)11(14(12)17)9-18-8-10-4-2-1-3-5-10/h6-7,10H,1-5,8-9H2. The first-order chi connectivity index (χ1) is 8.68. The molecular weight excluding hydrogens is 302 g/mol. The van der Waals surface area contributed by atoms with Gasteiger partial charge in [0, 0.05) is 6.61 Å². The van der Waals surface area contributed by atoms with Gasteiger partial charge >= 0.3 is 0 Å². The first kappa shape index (κ1) is 13.9. The van der Waals surface area contributed by atoms with E-state index in [0.29, 0.717) is 12.5 Å². The Morgan fingerprint density at radius 1 is 1.17 bits per heavy atom. The van der Waals surface area contributed by atoms with Gasteiger partial charge in [-0.3, -0.25) is 0 Å². The van der Waals surface area contributed by atoms with Crippen molar-refractivity contribution >= 4 is 15.9 Å². The van der Waals surface area contributed by atoms with Crippen LogP contribution in [0, 0.1) is 17.6 Å². The van der Waals surface area contributed by atoms with E-state index in [1.165, 1.54) is 44.2 Å². The Morgan fingerprint density at radius 2 is 1.89 bits per heavy atom. The Bertz CT molecular complexity index is 403. The maximum absolute atomic E-state index is 13.7. The van der Waals surface area contributed by atoms with Crippen molar-refractivity contribution in [2.45, 2.75) is 38.7 Å². The molecule has 0 bridgehead atoms. The van der Waals surface area contributed by atoms with Crippen molar-refractivity contribution in [3.8, 4) is 0 Å². The van der Waals surface area contributed by atoms with Crippen LogP contribution in [0.15, 0.2) is 16.6 Å². The largest absolute Gasteiger partial charge is 0.376 e. The van der Waals surface area contributed by atoms with Gasteiger partial charge in [0.15, 0.2) is 0 Å². The van der Waals surface area contributed by atoms with E-state index in [-0.39, 0.29) is 16.6 Å². The molecule has 2 rings (SSSR count). The molecule has 0 aliphatic heterocycles. The molecule has 100 valence electrons. The summed E-state index contributed by atoms with van der Waals surface area (Å²) in [6, 6.07) is 2.63. The SMILES string of the molecule is Fc1ccc(Br)c(F)c1COCC1CCCCC1. The fourth-order valence-corrected chi connectivity index (χ4v) is 2.75. The van der Waals surface area contributed by atoms with Crippen LogP contribution >= 0.6 is 15.9 Å². The zero-order valence-corrected chi connectivity index (χ0v) is 11.8. The highest BCUT2D eigenvalue weighted by molar-refractivity contribution is 9.10. The normalized spacial score (nSPS) is 17.1. The second-order valence-electron chi connectivity index (χ2n) is 4.84. The molecule has 1 nitrogen and oxygen atoms in total. The predicted octanol–water partition coefficient (Wildman–Crippen LogP) is 4.82. The lowest BCUT2D eigenvalue weighted by atomic mass is 9.90. The molecule has 1 aliphatic carbocycles. The molecule has 1 aromatic carbocycles. The molecule has 1 aromatic rings. The van der Waals surface area contributed by atoms with Gasteiger partial charge in [-0.2, -0.15) is 0 Å². The smallest absolute Gasteiger partial charge is 0.145 e. The van der Waals surface area contributed by atoms with Crippen molar-refractivity contribution in [2.24, 2.45) is 5.92 Å². The maximum Gasteiger partial charge on any atom is 0.145 e. The van der Waals surface area contributed by atoms with Crippen molar-refractivity contribution in [1.29, 1.82) is 0 Å². The third-order valence-corrected chi connectivity index (χ3v) is 4.08. The summed E-state index contributed by atoms with van der Waals surface area (Å²) in [6.07, 6.45) is 6.12. The molecule has 0 spiro atoms. The van der Waals surface area contributed by atoms with Crippen LogP contribution in [0.2, 0.25) is 0 Å². The van der Waals surface area contributed by atoms with Gasteiger partial charge in [0.1, 0.15) is 11.6 Å². The van der Waals surface area contributed by atoms with Crippen molar-refractivity contribution < 1.29 is 13.5 Å². The van der Waals surface area contributed by atoms with Crippen molar-refractivity contribution in [3.63, 3.8) is 0 Å². The van der Waals surface area contributed by atoms with Gasteiger partial charge in [-0.15, -0.1) is 0 Å². The van der Waals surface area contributed by atoms with E-state index in [0.717, 1.165) is 0 Å². The lowest BCUT2D eigenvalue weighted by Crippen LogP contribution is -2.14. The third-order valence-electron chi connectivity index (χ3n) is 3.46. The molecule has 0 atom stereocenters. The lowest BCUT2D eigenvalue weighted by molar-refractivity contribution is 0.0704. The molecule has 4 heteroatoms. The van der Waals surface area contributed by atoms with Gasteiger partial charge in [-0.1, -0.05) is 19.3 Å². The van der Waals surface area contributed by atoms with Gasteiger partial charge in [-0.25, -0.2) is 8.78 Å². The third kappa shape index (κ3) is 3.51. The Labute approximate surface area is 115 Å². The van der Waals surface area contributed by atoms with Crippen LogP contribution in [0.5, 0.6) is 0 Å². The van der Waals surface area contributed by atoms with Crippen LogP contribution < -0.4 is 0 Å². The number of hydrogen-bond donors (Lipinski definition) is 0. The van der Waals surface area contributed by atoms with Crippen LogP contribution in [0.25, 0.3) is 0 Å². The predicted molar refractivity (Wildman–Crippen MR) is 70.3 cm³/mol. The zero-order chi connectivity index (χ0) is 13.0. The number of ether oxygens (including phenoxy) is 1. The minimum atomic E-state index is -0.557. The summed E-state index contributed by atoms with van der Waals surface area (Å²) in [5, 5.41) is 0. The van der Waals surface area contributed by atoms with E-state index in [2.05, 4.69) is 15.9 Å². The Morgan fingerprint density at radius 3 is 2.61 bits per heavy atom. The molecule has 0 radical (unpaired) electrons. The average molecular weight is 319 g/mol. The summed E-state index contributed by atoms with van der Waals surface area (Å²) in [4.78, 5) is 0. The number of benzene rings is 1. The fraction of sp³-hybridized carbons (Fsp3) is 0.571. The van der Waals surface area contributed by atoms with Crippen LogP contribution in [-0.2, 0) is 11.3 Å². The van der Waals surface area contributed by atoms with Gasteiger partial charge < -0.3 is 4.74 Å². The Balaban J connectivity index is 1.88. The molecular formula is C14H17BrF2O. The summed E-state index contributed by atoms with van der Waals surface area (Å²) in [7, 11) is 0. The monoisotopic (exact) mass is 318 g/mol. The molecule has 0 saturated heterocycles. The highest BCUT2D eigenvalue weighted by Crippen LogP contribution is 2.25. The highest BCUT2D eigenvalue weighted by atomic mass is 79.9. The van der Waals surface area contributed by atoms with E-state index in [4.69, 9.17) is 4.74 Å². The molecule has 18 heavy (non-hydrogen) atoms. The second-order valence-corrected chi connectivity index (χ2v) is 5.70. The quantitative estimate of drug-likeness (QED) is 0.723. The summed E-state index contributed by atoms with van der Waals surface area (Å²) in [5.74, 6) is -0.546. The Kier molecular flexibility index (Phi) is 5.13.